The molecule has 2 aliphatic rings. The molecular formula is C18H25NO2. The monoisotopic (exact) mass is 287 g/mol. The third-order valence-corrected chi connectivity index (χ3v) is 5.17. The molecule has 1 heterocycles. The molecule has 21 heavy (non-hydrogen) atoms. The quantitative estimate of drug-likeness (QED) is 0.919. The minimum absolute atomic E-state index is 0.446. The largest absolute Gasteiger partial charge is 0.480 e. The van der Waals surface area contributed by atoms with Crippen molar-refractivity contribution in [2.75, 3.05) is 13.1 Å². The van der Waals surface area contributed by atoms with Crippen molar-refractivity contribution < 1.29 is 9.90 Å². The maximum absolute atomic E-state index is 11.7. The van der Waals surface area contributed by atoms with Crippen LogP contribution in [0.3, 0.4) is 0 Å². The molecule has 1 atom stereocenters. The molecule has 1 aliphatic carbocycles. The Morgan fingerprint density at radius 2 is 1.95 bits per heavy atom. The summed E-state index contributed by atoms with van der Waals surface area (Å²) in [5.74, 6) is 0.108. The van der Waals surface area contributed by atoms with Crippen LogP contribution in [-0.2, 0) is 11.2 Å². The number of fused-ring (bicyclic) bond motifs is 1. The molecule has 0 saturated heterocycles. The number of rotatable bonds is 4. The van der Waals surface area contributed by atoms with Crippen LogP contribution >= 0.6 is 0 Å². The van der Waals surface area contributed by atoms with E-state index in [2.05, 4.69) is 11.0 Å². The molecule has 3 nitrogen and oxygen atoms in total. The van der Waals surface area contributed by atoms with Gasteiger partial charge in [-0.3, -0.25) is 9.69 Å². The number of carboxylic acids is 1. The zero-order chi connectivity index (χ0) is 14.7. The minimum Gasteiger partial charge on any atom is -0.480 e. The van der Waals surface area contributed by atoms with Gasteiger partial charge in [-0.05, 0) is 36.4 Å². The summed E-state index contributed by atoms with van der Waals surface area (Å²) in [5, 5.41) is 9.65. The number of nitrogens with zero attached hydrogens (tertiary/aromatic N) is 1. The molecule has 0 spiro atoms. The van der Waals surface area contributed by atoms with Crippen LogP contribution in [0.1, 0.15) is 55.7 Å². The second kappa shape index (κ2) is 6.61. The summed E-state index contributed by atoms with van der Waals surface area (Å²) < 4.78 is 0. The smallest absolute Gasteiger partial charge is 0.325 e. The van der Waals surface area contributed by atoms with E-state index >= 15 is 0 Å². The first-order valence-electron chi connectivity index (χ1n) is 8.30. The first-order chi connectivity index (χ1) is 10.3. The van der Waals surface area contributed by atoms with Crippen molar-refractivity contribution in [3.63, 3.8) is 0 Å². The predicted molar refractivity (Wildman–Crippen MR) is 83.3 cm³/mol. The van der Waals surface area contributed by atoms with E-state index in [9.17, 15) is 9.90 Å². The first kappa shape index (κ1) is 14.6. The predicted octanol–water partition coefficient (Wildman–Crippen LogP) is 3.64. The maximum atomic E-state index is 11.7. The molecule has 0 bridgehead atoms. The van der Waals surface area contributed by atoms with Crippen LogP contribution in [0, 0.1) is 5.92 Å². The summed E-state index contributed by atoms with van der Waals surface area (Å²) in [6.45, 7) is 1.80. The minimum atomic E-state index is -0.703. The highest BCUT2D eigenvalue weighted by Gasteiger charge is 2.32. The maximum Gasteiger partial charge on any atom is 0.325 e. The van der Waals surface area contributed by atoms with Gasteiger partial charge in [-0.15, -0.1) is 0 Å². The summed E-state index contributed by atoms with van der Waals surface area (Å²) in [4.78, 5) is 13.9. The molecule has 1 saturated carbocycles. The summed E-state index contributed by atoms with van der Waals surface area (Å²) in [6, 6.07) is 7.58. The van der Waals surface area contributed by atoms with Gasteiger partial charge in [0, 0.05) is 6.54 Å². The Morgan fingerprint density at radius 1 is 1.19 bits per heavy atom. The van der Waals surface area contributed by atoms with Gasteiger partial charge in [-0.25, -0.2) is 0 Å². The number of carboxylic acid groups (broad SMARTS) is 1. The number of aliphatic carboxylic acids is 1. The van der Waals surface area contributed by atoms with E-state index in [4.69, 9.17) is 0 Å². The molecule has 1 unspecified atom stereocenters. The number of hydrogen-bond donors (Lipinski definition) is 1. The van der Waals surface area contributed by atoms with E-state index in [0.717, 1.165) is 37.4 Å². The Kier molecular flexibility index (Phi) is 4.59. The molecule has 1 fully saturated rings. The van der Waals surface area contributed by atoms with Crippen molar-refractivity contribution in [1.82, 2.24) is 4.90 Å². The average Bonchev–Trinajstić information content (AvgIpc) is 2.53. The molecule has 1 aromatic rings. The lowest BCUT2D eigenvalue weighted by Gasteiger charge is -2.36. The highest BCUT2D eigenvalue weighted by atomic mass is 16.4. The van der Waals surface area contributed by atoms with E-state index in [1.54, 1.807) is 0 Å². The Hall–Kier alpha value is -1.35. The molecule has 1 aromatic carbocycles. The van der Waals surface area contributed by atoms with Crippen LogP contribution in [0.2, 0.25) is 0 Å². The Morgan fingerprint density at radius 3 is 2.71 bits per heavy atom. The zero-order valence-corrected chi connectivity index (χ0v) is 12.6. The molecule has 3 heteroatoms. The van der Waals surface area contributed by atoms with Crippen LogP contribution in [0.5, 0.6) is 0 Å². The van der Waals surface area contributed by atoms with Crippen LogP contribution in [0.4, 0.5) is 0 Å². The van der Waals surface area contributed by atoms with Crippen LogP contribution in [-0.4, -0.2) is 29.1 Å². The van der Waals surface area contributed by atoms with Gasteiger partial charge in [-0.1, -0.05) is 56.4 Å². The molecule has 1 N–H and O–H groups in total. The van der Waals surface area contributed by atoms with Crippen molar-refractivity contribution in [3.8, 4) is 0 Å². The number of benzene rings is 1. The summed E-state index contributed by atoms with van der Waals surface area (Å²) in [7, 11) is 0. The lowest BCUT2D eigenvalue weighted by Crippen LogP contribution is -2.40. The highest BCUT2D eigenvalue weighted by molar-refractivity contribution is 5.76. The van der Waals surface area contributed by atoms with Crippen LogP contribution in [0.25, 0.3) is 0 Å². The molecular weight excluding hydrogens is 262 g/mol. The van der Waals surface area contributed by atoms with Gasteiger partial charge in [0.1, 0.15) is 6.04 Å². The van der Waals surface area contributed by atoms with E-state index < -0.39 is 12.0 Å². The lowest BCUT2D eigenvalue weighted by molar-refractivity contribution is -0.144. The van der Waals surface area contributed by atoms with E-state index in [1.807, 2.05) is 18.2 Å². The van der Waals surface area contributed by atoms with E-state index in [0.29, 0.717) is 0 Å². The second-order valence-electron chi connectivity index (χ2n) is 6.52. The molecule has 114 valence electrons. The van der Waals surface area contributed by atoms with Crippen molar-refractivity contribution >= 4 is 5.97 Å². The fourth-order valence-electron chi connectivity index (χ4n) is 3.97. The van der Waals surface area contributed by atoms with Gasteiger partial charge >= 0.3 is 5.97 Å². The molecule has 0 radical (unpaired) electrons. The summed E-state index contributed by atoms with van der Waals surface area (Å²) in [5.41, 5.74) is 2.21. The second-order valence-corrected chi connectivity index (χ2v) is 6.52. The average molecular weight is 287 g/mol. The molecule has 1 aliphatic heterocycles. The van der Waals surface area contributed by atoms with Gasteiger partial charge < -0.3 is 5.11 Å². The van der Waals surface area contributed by atoms with Gasteiger partial charge in [0.05, 0.1) is 0 Å². The van der Waals surface area contributed by atoms with Gasteiger partial charge in [0.15, 0.2) is 0 Å². The first-order valence-corrected chi connectivity index (χ1v) is 8.30. The summed E-state index contributed by atoms with van der Waals surface area (Å²) >= 11 is 0. The molecule has 0 aromatic heterocycles. The van der Waals surface area contributed by atoms with Crippen molar-refractivity contribution in [2.24, 2.45) is 5.92 Å². The van der Waals surface area contributed by atoms with Crippen molar-refractivity contribution in [1.29, 1.82) is 0 Å². The Labute approximate surface area is 127 Å². The Balaban J connectivity index is 1.68. The number of hydrogen-bond acceptors (Lipinski definition) is 2. The third kappa shape index (κ3) is 3.29. The molecule has 0 amide bonds. The van der Waals surface area contributed by atoms with Gasteiger partial charge in [-0.2, -0.15) is 0 Å². The van der Waals surface area contributed by atoms with Crippen LogP contribution in [0.15, 0.2) is 24.3 Å². The zero-order valence-electron chi connectivity index (χ0n) is 12.6. The third-order valence-electron chi connectivity index (χ3n) is 5.17. The summed E-state index contributed by atoms with van der Waals surface area (Å²) in [6.07, 6.45) is 8.90. The fraction of sp³-hybridized carbons (Fsp3) is 0.611. The fourth-order valence-corrected chi connectivity index (χ4v) is 3.97. The molecule has 3 rings (SSSR count). The number of carbonyl (C=O) groups is 1. The standard InChI is InChI=1S/C18H25NO2/c20-18(21)17-16-9-5-4-8-15(16)11-13-19(17)12-10-14-6-2-1-3-7-14/h4-5,8-9,14,17H,1-3,6-7,10-13H2,(H,20,21). The Bertz CT molecular complexity index is 494. The van der Waals surface area contributed by atoms with Crippen molar-refractivity contribution in [2.45, 2.75) is 51.0 Å². The lowest BCUT2D eigenvalue weighted by atomic mass is 9.86. The van der Waals surface area contributed by atoms with Gasteiger partial charge in [0.25, 0.3) is 0 Å². The van der Waals surface area contributed by atoms with Crippen molar-refractivity contribution in [3.05, 3.63) is 35.4 Å². The van der Waals surface area contributed by atoms with E-state index in [1.165, 1.54) is 37.7 Å². The highest BCUT2D eigenvalue weighted by Crippen LogP contribution is 2.32. The topological polar surface area (TPSA) is 40.5 Å². The normalized spacial score (nSPS) is 23.7. The van der Waals surface area contributed by atoms with E-state index in [-0.39, 0.29) is 0 Å². The van der Waals surface area contributed by atoms with Crippen LogP contribution < -0.4 is 0 Å². The SMILES string of the molecule is O=C(O)C1c2ccccc2CCN1CCC1CCCCC1. The van der Waals surface area contributed by atoms with Gasteiger partial charge in [0.2, 0.25) is 0 Å².